The Morgan fingerprint density at radius 1 is 1.56 bits per heavy atom. The van der Waals surface area contributed by atoms with Crippen LogP contribution in [0.1, 0.15) is 12.0 Å². The molecule has 1 aliphatic rings. The quantitative estimate of drug-likeness (QED) is 0.860. The van der Waals surface area contributed by atoms with Gasteiger partial charge in [0, 0.05) is 12.3 Å². The minimum Gasteiger partial charge on any atom is -0.379 e. The summed E-state index contributed by atoms with van der Waals surface area (Å²) in [5.74, 6) is 0. The first kappa shape index (κ1) is 12.7. The highest BCUT2D eigenvalue weighted by Crippen LogP contribution is 2.20. The summed E-state index contributed by atoms with van der Waals surface area (Å²) in [5, 5.41) is 14.5. The summed E-state index contributed by atoms with van der Waals surface area (Å²) >= 11 is 5.87. The second kappa shape index (κ2) is 5.71. The van der Waals surface area contributed by atoms with Gasteiger partial charge in [-0.2, -0.15) is 5.26 Å². The summed E-state index contributed by atoms with van der Waals surface area (Å²) in [6.45, 7) is 1.22. The Balaban J connectivity index is 1.94. The van der Waals surface area contributed by atoms with E-state index in [0.29, 0.717) is 29.5 Å². The van der Waals surface area contributed by atoms with E-state index in [-0.39, 0.29) is 12.1 Å². The van der Waals surface area contributed by atoms with Gasteiger partial charge in [0.25, 0.3) is 0 Å². The van der Waals surface area contributed by atoms with Gasteiger partial charge in [-0.25, -0.2) is 4.79 Å². The molecule has 0 radical (unpaired) electrons. The molecule has 1 aliphatic heterocycles. The highest BCUT2D eigenvalue weighted by molar-refractivity contribution is 6.32. The molecule has 1 atom stereocenters. The zero-order valence-electron chi connectivity index (χ0n) is 9.57. The van der Waals surface area contributed by atoms with Crippen molar-refractivity contribution in [2.45, 2.75) is 12.5 Å². The van der Waals surface area contributed by atoms with Crippen LogP contribution in [0.4, 0.5) is 10.5 Å². The van der Waals surface area contributed by atoms with Gasteiger partial charge in [0.2, 0.25) is 0 Å². The van der Waals surface area contributed by atoms with E-state index in [9.17, 15) is 4.79 Å². The fourth-order valence-corrected chi connectivity index (χ4v) is 1.91. The van der Waals surface area contributed by atoms with Crippen LogP contribution in [0, 0.1) is 11.3 Å². The minimum atomic E-state index is -0.300. The number of nitriles is 1. The van der Waals surface area contributed by atoms with Gasteiger partial charge in [0.15, 0.2) is 0 Å². The number of carbonyl (C=O) groups excluding carboxylic acids is 1. The van der Waals surface area contributed by atoms with Crippen molar-refractivity contribution in [1.29, 1.82) is 5.26 Å². The maximum absolute atomic E-state index is 11.6. The molecule has 0 spiro atoms. The maximum Gasteiger partial charge on any atom is 0.319 e. The van der Waals surface area contributed by atoms with Gasteiger partial charge in [-0.15, -0.1) is 0 Å². The van der Waals surface area contributed by atoms with E-state index in [1.54, 1.807) is 18.2 Å². The van der Waals surface area contributed by atoms with Crippen molar-refractivity contribution < 1.29 is 9.53 Å². The zero-order valence-corrected chi connectivity index (χ0v) is 10.3. The number of carbonyl (C=O) groups is 1. The molecule has 5 nitrogen and oxygen atoms in total. The van der Waals surface area contributed by atoms with Crippen LogP contribution in [0.2, 0.25) is 5.02 Å². The molecule has 1 heterocycles. The average Bonchev–Trinajstić information content (AvgIpc) is 2.82. The van der Waals surface area contributed by atoms with Crippen LogP contribution in [0.3, 0.4) is 0 Å². The van der Waals surface area contributed by atoms with Crippen molar-refractivity contribution >= 4 is 23.3 Å². The Morgan fingerprint density at radius 2 is 2.39 bits per heavy atom. The predicted octanol–water partition coefficient (Wildman–Crippen LogP) is 2.12. The van der Waals surface area contributed by atoms with Crippen LogP contribution in [-0.4, -0.2) is 25.3 Å². The second-order valence-corrected chi connectivity index (χ2v) is 4.37. The van der Waals surface area contributed by atoms with Gasteiger partial charge >= 0.3 is 6.03 Å². The van der Waals surface area contributed by atoms with E-state index < -0.39 is 0 Å². The number of hydrogen-bond donors (Lipinski definition) is 2. The summed E-state index contributed by atoms with van der Waals surface area (Å²) in [4.78, 5) is 11.6. The standard InChI is InChI=1S/C12H12ClN3O2/c13-11-5-9(2-1-8(11)6-14)15-12(17)16-10-3-4-18-7-10/h1-2,5,10H,3-4,7H2,(H2,15,16,17). The lowest BCUT2D eigenvalue weighted by Gasteiger charge is -2.12. The number of halogens is 1. The van der Waals surface area contributed by atoms with Gasteiger partial charge in [-0.05, 0) is 24.6 Å². The topological polar surface area (TPSA) is 74.2 Å². The molecule has 1 unspecified atom stereocenters. The summed E-state index contributed by atoms with van der Waals surface area (Å²) < 4.78 is 5.16. The predicted molar refractivity (Wildman–Crippen MR) is 67.5 cm³/mol. The van der Waals surface area contributed by atoms with Gasteiger partial charge in [-0.3, -0.25) is 0 Å². The van der Waals surface area contributed by atoms with Gasteiger partial charge in [0.05, 0.1) is 23.2 Å². The lowest BCUT2D eigenvalue weighted by atomic mass is 10.2. The van der Waals surface area contributed by atoms with E-state index in [1.807, 2.05) is 6.07 Å². The normalized spacial score (nSPS) is 18.1. The average molecular weight is 266 g/mol. The molecule has 0 aliphatic carbocycles. The Kier molecular flexibility index (Phi) is 4.03. The molecule has 2 amide bonds. The van der Waals surface area contributed by atoms with Crippen molar-refractivity contribution in [3.8, 4) is 6.07 Å². The Labute approximate surface area is 110 Å². The number of nitrogens with one attached hydrogen (secondary N) is 2. The first-order valence-electron chi connectivity index (χ1n) is 5.54. The number of benzene rings is 1. The number of ether oxygens (including phenoxy) is 1. The van der Waals surface area contributed by atoms with Gasteiger partial charge in [0.1, 0.15) is 6.07 Å². The van der Waals surface area contributed by atoms with Gasteiger partial charge < -0.3 is 15.4 Å². The maximum atomic E-state index is 11.6. The number of hydrogen-bond acceptors (Lipinski definition) is 3. The molecule has 18 heavy (non-hydrogen) atoms. The number of amides is 2. The molecule has 94 valence electrons. The third-order valence-electron chi connectivity index (χ3n) is 2.61. The molecule has 1 aromatic rings. The fraction of sp³-hybridized carbons (Fsp3) is 0.333. The zero-order chi connectivity index (χ0) is 13.0. The number of rotatable bonds is 2. The number of anilines is 1. The summed E-state index contributed by atoms with van der Waals surface area (Å²) in [5.41, 5.74) is 0.933. The first-order chi connectivity index (χ1) is 8.69. The molecule has 1 fully saturated rings. The minimum absolute atomic E-state index is 0.0545. The van der Waals surface area contributed by atoms with Crippen molar-refractivity contribution in [3.63, 3.8) is 0 Å². The van der Waals surface area contributed by atoms with E-state index in [1.165, 1.54) is 0 Å². The van der Waals surface area contributed by atoms with Crippen LogP contribution in [0.15, 0.2) is 18.2 Å². The number of nitrogens with zero attached hydrogens (tertiary/aromatic N) is 1. The molecule has 0 aromatic heterocycles. The molecule has 0 bridgehead atoms. The molecule has 2 rings (SSSR count). The van der Waals surface area contributed by atoms with Crippen molar-refractivity contribution in [2.75, 3.05) is 18.5 Å². The fourth-order valence-electron chi connectivity index (χ4n) is 1.68. The van der Waals surface area contributed by atoms with Crippen LogP contribution in [-0.2, 0) is 4.74 Å². The molecular weight excluding hydrogens is 254 g/mol. The summed E-state index contributed by atoms with van der Waals surface area (Å²) in [7, 11) is 0. The van der Waals surface area contributed by atoms with Gasteiger partial charge in [-0.1, -0.05) is 11.6 Å². The third kappa shape index (κ3) is 3.13. The Morgan fingerprint density at radius 3 is 3.00 bits per heavy atom. The SMILES string of the molecule is N#Cc1ccc(NC(=O)NC2CCOC2)cc1Cl. The highest BCUT2D eigenvalue weighted by atomic mass is 35.5. The lowest BCUT2D eigenvalue weighted by molar-refractivity contribution is 0.189. The molecule has 1 saturated heterocycles. The number of urea groups is 1. The van der Waals surface area contributed by atoms with E-state index in [2.05, 4.69) is 10.6 Å². The molecule has 0 saturated carbocycles. The molecule has 2 N–H and O–H groups in total. The van der Waals surface area contributed by atoms with Crippen LogP contribution in [0.25, 0.3) is 0 Å². The molecule has 6 heteroatoms. The largest absolute Gasteiger partial charge is 0.379 e. The Bertz CT molecular complexity index is 493. The van der Waals surface area contributed by atoms with E-state index in [4.69, 9.17) is 21.6 Å². The molecule has 1 aromatic carbocycles. The first-order valence-corrected chi connectivity index (χ1v) is 5.92. The van der Waals surface area contributed by atoms with Crippen LogP contribution < -0.4 is 10.6 Å². The van der Waals surface area contributed by atoms with Crippen molar-refractivity contribution in [1.82, 2.24) is 5.32 Å². The Hall–Kier alpha value is -1.77. The van der Waals surface area contributed by atoms with Crippen molar-refractivity contribution in [2.24, 2.45) is 0 Å². The summed E-state index contributed by atoms with van der Waals surface area (Å²) in [6.07, 6.45) is 0.821. The molecular formula is C12H12ClN3O2. The second-order valence-electron chi connectivity index (χ2n) is 3.97. The van der Waals surface area contributed by atoms with E-state index >= 15 is 0 Å². The highest BCUT2D eigenvalue weighted by Gasteiger charge is 2.17. The van der Waals surface area contributed by atoms with Crippen LogP contribution in [0.5, 0.6) is 0 Å². The monoisotopic (exact) mass is 265 g/mol. The smallest absolute Gasteiger partial charge is 0.319 e. The third-order valence-corrected chi connectivity index (χ3v) is 2.93. The van der Waals surface area contributed by atoms with E-state index in [0.717, 1.165) is 6.42 Å². The summed E-state index contributed by atoms with van der Waals surface area (Å²) in [6, 6.07) is 6.46. The van der Waals surface area contributed by atoms with Crippen molar-refractivity contribution in [3.05, 3.63) is 28.8 Å². The lowest BCUT2D eigenvalue weighted by Crippen LogP contribution is -2.38. The van der Waals surface area contributed by atoms with Crippen LogP contribution >= 0.6 is 11.6 Å².